The number of aromatic nitrogens is 2. The molecule has 0 aliphatic heterocycles. The topological polar surface area (TPSA) is 67.3 Å². The van der Waals surface area contributed by atoms with Gasteiger partial charge in [0, 0.05) is 33.4 Å². The van der Waals surface area contributed by atoms with Gasteiger partial charge in [-0.15, -0.1) is 0 Å². The maximum absolute atomic E-state index is 12.0. The molecule has 1 N–H and O–H groups in total. The molecule has 1 rings (SSSR count). The average Bonchev–Trinajstić information content (AvgIpc) is 2.38. The van der Waals surface area contributed by atoms with Gasteiger partial charge in [0.15, 0.2) is 0 Å². The molecule has 6 heteroatoms. The third-order valence-electron chi connectivity index (χ3n) is 2.55. The summed E-state index contributed by atoms with van der Waals surface area (Å²) in [6.07, 6.45) is 0. The first-order valence-corrected chi connectivity index (χ1v) is 6.29. The normalized spacial score (nSPS) is 10.6. The van der Waals surface area contributed by atoms with Crippen LogP contribution in [0.25, 0.3) is 0 Å². The first-order valence-electron chi connectivity index (χ1n) is 6.29. The zero-order valence-electron chi connectivity index (χ0n) is 12.2. The number of ether oxygens (including phenoxy) is 1. The van der Waals surface area contributed by atoms with Crippen LogP contribution in [0.15, 0.2) is 6.07 Å². The maximum atomic E-state index is 12.0. The van der Waals surface area contributed by atoms with Crippen molar-refractivity contribution in [2.45, 2.75) is 19.8 Å². The summed E-state index contributed by atoms with van der Waals surface area (Å²) < 4.78 is 4.90. The van der Waals surface area contributed by atoms with Gasteiger partial charge in [0.1, 0.15) is 5.69 Å². The summed E-state index contributed by atoms with van der Waals surface area (Å²) in [7, 11) is 5.30. The van der Waals surface area contributed by atoms with E-state index in [1.165, 1.54) is 0 Å². The Morgan fingerprint density at radius 1 is 1.42 bits per heavy atom. The number of carbonyl (C=O) groups is 1. The van der Waals surface area contributed by atoms with E-state index in [0.717, 1.165) is 5.69 Å². The van der Waals surface area contributed by atoms with Crippen molar-refractivity contribution in [2.24, 2.45) is 0 Å². The molecule has 1 heterocycles. The fourth-order valence-electron chi connectivity index (χ4n) is 1.42. The summed E-state index contributed by atoms with van der Waals surface area (Å²) >= 11 is 0. The van der Waals surface area contributed by atoms with Crippen molar-refractivity contribution in [3.05, 3.63) is 17.5 Å². The summed E-state index contributed by atoms with van der Waals surface area (Å²) in [5.74, 6) is 0.583. The summed E-state index contributed by atoms with van der Waals surface area (Å²) in [4.78, 5) is 22.5. The van der Waals surface area contributed by atoms with Crippen LogP contribution >= 0.6 is 0 Å². The van der Waals surface area contributed by atoms with Crippen molar-refractivity contribution in [1.82, 2.24) is 15.3 Å². The van der Waals surface area contributed by atoms with Crippen LogP contribution < -0.4 is 10.2 Å². The van der Waals surface area contributed by atoms with E-state index in [2.05, 4.69) is 15.3 Å². The minimum atomic E-state index is -0.204. The van der Waals surface area contributed by atoms with Gasteiger partial charge in [0.05, 0.1) is 6.61 Å². The third kappa shape index (κ3) is 4.48. The van der Waals surface area contributed by atoms with Crippen molar-refractivity contribution in [3.63, 3.8) is 0 Å². The zero-order valence-corrected chi connectivity index (χ0v) is 12.2. The Balaban J connectivity index is 2.95. The second kappa shape index (κ2) is 7.04. The Kier molecular flexibility index (Phi) is 5.69. The molecule has 0 aliphatic rings. The van der Waals surface area contributed by atoms with E-state index in [1.807, 2.05) is 27.9 Å². The quantitative estimate of drug-likeness (QED) is 0.779. The van der Waals surface area contributed by atoms with E-state index in [0.29, 0.717) is 24.8 Å². The average molecular weight is 266 g/mol. The van der Waals surface area contributed by atoms with Crippen LogP contribution in [0.5, 0.6) is 0 Å². The van der Waals surface area contributed by atoms with Crippen LogP contribution in [-0.4, -0.2) is 50.2 Å². The smallest absolute Gasteiger partial charge is 0.270 e. The van der Waals surface area contributed by atoms with Gasteiger partial charge < -0.3 is 15.0 Å². The molecule has 0 saturated carbocycles. The van der Waals surface area contributed by atoms with Crippen molar-refractivity contribution >= 4 is 11.9 Å². The molecule has 0 unspecified atom stereocenters. The number of rotatable bonds is 6. The molecule has 0 bridgehead atoms. The molecule has 0 aromatic carbocycles. The number of hydrogen-bond acceptors (Lipinski definition) is 5. The molecule has 1 amide bonds. The highest BCUT2D eigenvalue weighted by Gasteiger charge is 2.14. The van der Waals surface area contributed by atoms with Gasteiger partial charge in [-0.2, -0.15) is 0 Å². The number of hydrogen-bond donors (Lipinski definition) is 1. The Morgan fingerprint density at radius 2 is 2.11 bits per heavy atom. The van der Waals surface area contributed by atoms with E-state index in [1.54, 1.807) is 18.1 Å². The predicted octanol–water partition coefficient (Wildman–Crippen LogP) is 1.04. The van der Waals surface area contributed by atoms with Crippen LogP contribution in [0.2, 0.25) is 0 Å². The van der Waals surface area contributed by atoms with Crippen LogP contribution in [-0.2, 0) is 4.74 Å². The van der Waals surface area contributed by atoms with E-state index < -0.39 is 0 Å². The molecule has 19 heavy (non-hydrogen) atoms. The summed E-state index contributed by atoms with van der Waals surface area (Å²) in [6, 6.07) is 1.74. The lowest BCUT2D eigenvalue weighted by molar-refractivity contribution is 0.0932. The lowest BCUT2D eigenvalue weighted by Gasteiger charge is -2.14. The molecule has 0 aliphatic carbocycles. The first-order chi connectivity index (χ1) is 8.95. The highest BCUT2D eigenvalue weighted by atomic mass is 16.5. The molecule has 0 radical (unpaired) electrons. The number of amides is 1. The lowest BCUT2D eigenvalue weighted by Crippen LogP contribution is -2.28. The monoisotopic (exact) mass is 266 g/mol. The highest BCUT2D eigenvalue weighted by Crippen LogP contribution is 2.16. The van der Waals surface area contributed by atoms with Gasteiger partial charge in [0.25, 0.3) is 5.91 Å². The second-order valence-corrected chi connectivity index (χ2v) is 4.78. The third-order valence-corrected chi connectivity index (χ3v) is 2.55. The Morgan fingerprint density at radius 3 is 2.63 bits per heavy atom. The Bertz CT molecular complexity index is 406. The lowest BCUT2D eigenvalue weighted by atomic mass is 10.1. The van der Waals surface area contributed by atoms with E-state index >= 15 is 0 Å². The molecule has 0 atom stereocenters. The van der Waals surface area contributed by atoms with E-state index in [-0.39, 0.29) is 11.8 Å². The van der Waals surface area contributed by atoms with Gasteiger partial charge in [0.2, 0.25) is 5.95 Å². The molecule has 0 spiro atoms. The zero-order chi connectivity index (χ0) is 14.4. The van der Waals surface area contributed by atoms with E-state index in [4.69, 9.17) is 4.74 Å². The van der Waals surface area contributed by atoms with Gasteiger partial charge in [-0.25, -0.2) is 9.97 Å². The fourth-order valence-corrected chi connectivity index (χ4v) is 1.42. The number of methoxy groups -OCH3 is 1. The molecule has 6 nitrogen and oxygen atoms in total. The Hall–Kier alpha value is -1.69. The number of anilines is 1. The van der Waals surface area contributed by atoms with Crippen LogP contribution in [0, 0.1) is 0 Å². The van der Waals surface area contributed by atoms with Gasteiger partial charge in [-0.3, -0.25) is 4.79 Å². The summed E-state index contributed by atoms with van der Waals surface area (Å²) in [6.45, 7) is 5.02. The minimum Gasteiger partial charge on any atom is -0.383 e. The van der Waals surface area contributed by atoms with E-state index in [9.17, 15) is 4.79 Å². The van der Waals surface area contributed by atoms with Crippen molar-refractivity contribution < 1.29 is 9.53 Å². The van der Waals surface area contributed by atoms with Gasteiger partial charge >= 0.3 is 0 Å². The molecule has 1 aromatic rings. The largest absolute Gasteiger partial charge is 0.383 e. The van der Waals surface area contributed by atoms with Crippen LogP contribution in [0.3, 0.4) is 0 Å². The maximum Gasteiger partial charge on any atom is 0.270 e. The molecule has 106 valence electrons. The number of carbonyl (C=O) groups excluding carboxylic acids is 1. The minimum absolute atomic E-state index is 0.204. The fraction of sp³-hybridized carbons (Fsp3) is 0.615. The number of nitrogens with one attached hydrogen (secondary N) is 1. The summed E-state index contributed by atoms with van der Waals surface area (Å²) in [5, 5.41) is 2.76. The van der Waals surface area contributed by atoms with Gasteiger partial charge in [-0.1, -0.05) is 13.8 Å². The molecule has 0 fully saturated rings. The van der Waals surface area contributed by atoms with Crippen LogP contribution in [0.1, 0.15) is 35.9 Å². The standard InChI is InChI=1S/C13H22N4O2/c1-9(2)10-8-11(12(18)14-6-7-19-5)16-13(15-10)17(3)4/h8-9H,6-7H2,1-5H3,(H,14,18). The molecular weight excluding hydrogens is 244 g/mol. The van der Waals surface area contributed by atoms with Crippen molar-refractivity contribution in [1.29, 1.82) is 0 Å². The van der Waals surface area contributed by atoms with Crippen molar-refractivity contribution in [2.75, 3.05) is 39.3 Å². The summed E-state index contributed by atoms with van der Waals surface area (Å²) in [5.41, 5.74) is 1.24. The van der Waals surface area contributed by atoms with Crippen molar-refractivity contribution in [3.8, 4) is 0 Å². The second-order valence-electron chi connectivity index (χ2n) is 4.78. The molecular formula is C13H22N4O2. The number of nitrogens with zero attached hydrogens (tertiary/aromatic N) is 3. The predicted molar refractivity (Wildman–Crippen MR) is 74.7 cm³/mol. The highest BCUT2D eigenvalue weighted by molar-refractivity contribution is 5.92. The molecule has 0 saturated heterocycles. The SMILES string of the molecule is COCCNC(=O)c1cc(C(C)C)nc(N(C)C)n1. The van der Waals surface area contributed by atoms with Crippen LogP contribution in [0.4, 0.5) is 5.95 Å². The Labute approximate surface area is 114 Å². The molecule has 1 aromatic heterocycles. The van der Waals surface area contributed by atoms with Gasteiger partial charge in [-0.05, 0) is 12.0 Å². The first kappa shape index (κ1) is 15.4.